The van der Waals surface area contributed by atoms with Crippen molar-refractivity contribution in [1.29, 1.82) is 0 Å². The van der Waals surface area contributed by atoms with Crippen LogP contribution in [0.4, 0.5) is 0 Å². The summed E-state index contributed by atoms with van der Waals surface area (Å²) in [7, 11) is 0. The minimum Gasteiger partial charge on any atom is -0.342 e. The van der Waals surface area contributed by atoms with Crippen molar-refractivity contribution in [2.45, 2.75) is 26.2 Å². The second kappa shape index (κ2) is 2.84. The summed E-state index contributed by atoms with van der Waals surface area (Å²) in [6.07, 6.45) is 0. The van der Waals surface area contributed by atoms with Crippen LogP contribution in [0.5, 0.6) is 0 Å². The lowest BCUT2D eigenvalue weighted by atomic mass is 9.87. The molecular formula is C12H15N2. The van der Waals surface area contributed by atoms with Gasteiger partial charge in [-0.3, -0.25) is 0 Å². The quantitative estimate of drug-likeness (QED) is 0.674. The fourth-order valence-corrected chi connectivity index (χ4v) is 1.53. The van der Waals surface area contributed by atoms with E-state index in [0.717, 1.165) is 16.9 Å². The van der Waals surface area contributed by atoms with Gasteiger partial charge < -0.3 is 4.98 Å². The molecule has 1 aromatic heterocycles. The minimum atomic E-state index is 0.175. The van der Waals surface area contributed by atoms with Crippen molar-refractivity contribution in [2.75, 3.05) is 0 Å². The number of H-pyrrole nitrogens is 1. The zero-order valence-electron chi connectivity index (χ0n) is 8.89. The molecule has 1 radical (unpaired) electrons. The summed E-state index contributed by atoms with van der Waals surface area (Å²) in [6.45, 7) is 10.4. The Labute approximate surface area is 84.4 Å². The molecule has 14 heavy (non-hydrogen) atoms. The second-order valence-corrected chi connectivity index (χ2v) is 4.67. The molecule has 0 atom stereocenters. The number of imidazole rings is 1. The Hall–Kier alpha value is -1.31. The third kappa shape index (κ3) is 1.52. The highest BCUT2D eigenvalue weighted by atomic mass is 14.9. The zero-order valence-corrected chi connectivity index (χ0v) is 8.89. The first-order chi connectivity index (χ1) is 6.47. The van der Waals surface area contributed by atoms with Crippen LogP contribution in [0.2, 0.25) is 0 Å². The number of fused-ring (bicyclic) bond motifs is 1. The second-order valence-electron chi connectivity index (χ2n) is 4.67. The smallest absolute Gasteiger partial charge is 0.107 e. The van der Waals surface area contributed by atoms with Gasteiger partial charge >= 0.3 is 0 Å². The summed E-state index contributed by atoms with van der Waals surface area (Å²) < 4.78 is 0. The Morgan fingerprint density at radius 3 is 2.64 bits per heavy atom. The Kier molecular flexibility index (Phi) is 1.88. The van der Waals surface area contributed by atoms with Gasteiger partial charge in [0.15, 0.2) is 0 Å². The molecule has 2 nitrogen and oxygen atoms in total. The van der Waals surface area contributed by atoms with Crippen LogP contribution in [0.15, 0.2) is 18.2 Å². The highest BCUT2D eigenvalue weighted by molar-refractivity contribution is 5.76. The molecule has 0 saturated heterocycles. The molecule has 0 unspecified atom stereocenters. The predicted molar refractivity (Wildman–Crippen MR) is 59.3 cm³/mol. The number of nitrogens with zero attached hydrogens (tertiary/aromatic N) is 1. The van der Waals surface area contributed by atoms with Crippen molar-refractivity contribution in [3.63, 3.8) is 0 Å². The van der Waals surface area contributed by atoms with Gasteiger partial charge in [-0.05, 0) is 23.1 Å². The van der Waals surface area contributed by atoms with E-state index in [1.54, 1.807) is 0 Å². The molecule has 1 heterocycles. The largest absolute Gasteiger partial charge is 0.342 e. The highest BCUT2D eigenvalue weighted by Crippen LogP contribution is 2.24. The third-order valence-electron chi connectivity index (χ3n) is 2.40. The lowest BCUT2D eigenvalue weighted by molar-refractivity contribution is 0.591. The van der Waals surface area contributed by atoms with Gasteiger partial charge in [0.1, 0.15) is 5.82 Å². The van der Waals surface area contributed by atoms with E-state index in [2.05, 4.69) is 55.9 Å². The normalized spacial score (nSPS) is 12.3. The number of aromatic nitrogens is 2. The molecule has 0 aliphatic rings. The average Bonchev–Trinajstić information content (AvgIpc) is 2.41. The fourth-order valence-electron chi connectivity index (χ4n) is 1.53. The van der Waals surface area contributed by atoms with Gasteiger partial charge in [-0.25, -0.2) is 4.98 Å². The first kappa shape index (κ1) is 9.25. The van der Waals surface area contributed by atoms with Crippen molar-refractivity contribution in [3.05, 3.63) is 36.5 Å². The van der Waals surface area contributed by atoms with Gasteiger partial charge in [0.25, 0.3) is 0 Å². The van der Waals surface area contributed by atoms with Crippen LogP contribution in [-0.2, 0) is 5.41 Å². The molecule has 0 aliphatic heterocycles. The summed E-state index contributed by atoms with van der Waals surface area (Å²) in [5, 5.41) is 0. The molecule has 2 heteroatoms. The highest BCUT2D eigenvalue weighted by Gasteiger charge is 2.14. The van der Waals surface area contributed by atoms with Crippen LogP contribution < -0.4 is 0 Å². The molecule has 0 fully saturated rings. The van der Waals surface area contributed by atoms with E-state index in [-0.39, 0.29) is 5.41 Å². The van der Waals surface area contributed by atoms with Crippen LogP contribution in [0.1, 0.15) is 32.2 Å². The Morgan fingerprint density at radius 1 is 1.29 bits per heavy atom. The molecule has 73 valence electrons. The molecule has 0 saturated carbocycles. The molecule has 2 rings (SSSR count). The predicted octanol–water partition coefficient (Wildman–Crippen LogP) is 3.04. The zero-order chi connectivity index (χ0) is 10.3. The summed E-state index contributed by atoms with van der Waals surface area (Å²) in [4.78, 5) is 7.44. The molecule has 1 N–H and O–H groups in total. The van der Waals surface area contributed by atoms with E-state index >= 15 is 0 Å². The van der Waals surface area contributed by atoms with E-state index in [0.29, 0.717) is 0 Å². The Bertz CT molecular complexity index is 461. The molecule has 1 aromatic carbocycles. The SMILES string of the molecule is [CH2]c1nc2cc(C(C)(C)C)ccc2[nH]1. The number of benzene rings is 1. The maximum Gasteiger partial charge on any atom is 0.107 e. The molecular weight excluding hydrogens is 172 g/mol. The molecule has 2 aromatic rings. The lowest BCUT2D eigenvalue weighted by Gasteiger charge is -2.18. The molecule has 0 spiro atoms. The Morgan fingerprint density at radius 2 is 2.00 bits per heavy atom. The summed E-state index contributed by atoms with van der Waals surface area (Å²) in [6, 6.07) is 6.33. The van der Waals surface area contributed by atoms with E-state index in [1.807, 2.05) is 0 Å². The lowest BCUT2D eigenvalue weighted by Crippen LogP contribution is -2.10. The average molecular weight is 187 g/mol. The first-order valence-corrected chi connectivity index (χ1v) is 4.79. The van der Waals surface area contributed by atoms with Gasteiger partial charge in [-0.2, -0.15) is 0 Å². The molecule has 0 aliphatic carbocycles. The maximum atomic E-state index is 4.32. The summed E-state index contributed by atoms with van der Waals surface area (Å²) >= 11 is 0. The van der Waals surface area contributed by atoms with Gasteiger partial charge in [0.2, 0.25) is 0 Å². The maximum absolute atomic E-state index is 4.32. The molecule has 0 bridgehead atoms. The Balaban J connectivity index is 2.62. The van der Waals surface area contributed by atoms with Gasteiger partial charge in [-0.15, -0.1) is 0 Å². The van der Waals surface area contributed by atoms with Crippen molar-refractivity contribution in [1.82, 2.24) is 9.97 Å². The topological polar surface area (TPSA) is 28.7 Å². The summed E-state index contributed by atoms with van der Waals surface area (Å²) in [5.74, 6) is 0.728. The third-order valence-corrected chi connectivity index (χ3v) is 2.40. The van der Waals surface area contributed by atoms with Crippen molar-refractivity contribution >= 4 is 11.0 Å². The number of aromatic amines is 1. The first-order valence-electron chi connectivity index (χ1n) is 4.79. The van der Waals surface area contributed by atoms with Crippen LogP contribution in [0.25, 0.3) is 11.0 Å². The standard InChI is InChI=1S/C12H15N2/c1-8-13-10-6-5-9(12(2,3)4)7-11(10)14-8/h5-7H,1H2,2-4H3,(H,13,14). The fraction of sp³-hybridized carbons (Fsp3) is 0.333. The van der Waals surface area contributed by atoms with Crippen LogP contribution in [-0.4, -0.2) is 9.97 Å². The number of hydrogen-bond acceptors (Lipinski definition) is 1. The van der Waals surface area contributed by atoms with Crippen molar-refractivity contribution < 1.29 is 0 Å². The van der Waals surface area contributed by atoms with E-state index in [9.17, 15) is 0 Å². The number of nitrogens with one attached hydrogen (secondary N) is 1. The summed E-state index contributed by atoms with van der Waals surface area (Å²) in [5.41, 5.74) is 3.54. The van der Waals surface area contributed by atoms with Crippen LogP contribution in [0, 0.1) is 6.92 Å². The van der Waals surface area contributed by atoms with Crippen molar-refractivity contribution in [3.8, 4) is 0 Å². The number of rotatable bonds is 0. The van der Waals surface area contributed by atoms with Gasteiger partial charge in [0.05, 0.1) is 11.0 Å². The monoisotopic (exact) mass is 187 g/mol. The van der Waals surface area contributed by atoms with E-state index in [4.69, 9.17) is 0 Å². The van der Waals surface area contributed by atoms with Crippen LogP contribution in [0.3, 0.4) is 0 Å². The van der Waals surface area contributed by atoms with Crippen LogP contribution >= 0.6 is 0 Å². The number of hydrogen-bond donors (Lipinski definition) is 1. The minimum absolute atomic E-state index is 0.175. The van der Waals surface area contributed by atoms with E-state index < -0.39 is 0 Å². The van der Waals surface area contributed by atoms with Crippen molar-refractivity contribution in [2.24, 2.45) is 0 Å². The van der Waals surface area contributed by atoms with Gasteiger partial charge in [0, 0.05) is 6.92 Å². The van der Waals surface area contributed by atoms with E-state index in [1.165, 1.54) is 5.56 Å². The molecule has 0 amide bonds. The van der Waals surface area contributed by atoms with Gasteiger partial charge in [-0.1, -0.05) is 26.8 Å².